The van der Waals surface area contributed by atoms with Crippen LogP contribution in [0.15, 0.2) is 10.5 Å². The summed E-state index contributed by atoms with van der Waals surface area (Å²) in [6.45, 7) is 11.9. The SMILES string of the molecule is Cc1cc(C(C)NC2C3CCCOC3C2(C)C)c(C)o1. The first-order chi connectivity index (χ1) is 9.41. The number of fused-ring (bicyclic) bond motifs is 1. The summed E-state index contributed by atoms with van der Waals surface area (Å²) >= 11 is 0. The summed E-state index contributed by atoms with van der Waals surface area (Å²) in [4.78, 5) is 0. The molecule has 1 aliphatic heterocycles. The maximum Gasteiger partial charge on any atom is 0.105 e. The number of ether oxygens (including phenoxy) is 1. The second kappa shape index (κ2) is 4.88. The quantitative estimate of drug-likeness (QED) is 0.913. The molecule has 0 spiro atoms. The standard InChI is InChI=1S/C17H27NO2/c1-10-9-14(12(3)20-10)11(2)18-15-13-7-6-8-19-16(13)17(15,4)5/h9,11,13,15-16,18H,6-8H2,1-5H3. The van der Waals surface area contributed by atoms with E-state index < -0.39 is 0 Å². The highest BCUT2D eigenvalue weighted by atomic mass is 16.5. The van der Waals surface area contributed by atoms with E-state index in [0.717, 1.165) is 18.1 Å². The maximum absolute atomic E-state index is 5.98. The molecule has 112 valence electrons. The zero-order valence-corrected chi connectivity index (χ0v) is 13.3. The van der Waals surface area contributed by atoms with Crippen molar-refractivity contribution in [2.24, 2.45) is 11.3 Å². The molecule has 1 aromatic heterocycles. The number of rotatable bonds is 3. The molecular weight excluding hydrogens is 250 g/mol. The van der Waals surface area contributed by atoms with E-state index in [1.165, 1.54) is 18.4 Å². The third-order valence-corrected chi connectivity index (χ3v) is 5.31. The Bertz CT molecular complexity index is 491. The fourth-order valence-corrected chi connectivity index (χ4v) is 4.30. The lowest BCUT2D eigenvalue weighted by Gasteiger charge is -2.60. The highest BCUT2D eigenvalue weighted by molar-refractivity contribution is 5.24. The Morgan fingerprint density at radius 2 is 2.10 bits per heavy atom. The summed E-state index contributed by atoms with van der Waals surface area (Å²) in [5.74, 6) is 2.71. The van der Waals surface area contributed by atoms with Gasteiger partial charge < -0.3 is 14.5 Å². The van der Waals surface area contributed by atoms with Crippen LogP contribution in [0.5, 0.6) is 0 Å². The Labute approximate surface area is 122 Å². The average Bonchev–Trinajstić information content (AvgIpc) is 2.75. The van der Waals surface area contributed by atoms with Gasteiger partial charge in [-0.15, -0.1) is 0 Å². The van der Waals surface area contributed by atoms with Crippen molar-refractivity contribution in [1.82, 2.24) is 5.32 Å². The third kappa shape index (κ3) is 2.11. The Morgan fingerprint density at radius 1 is 1.35 bits per heavy atom. The molecule has 3 nitrogen and oxygen atoms in total. The molecule has 4 atom stereocenters. The fraction of sp³-hybridized carbons (Fsp3) is 0.765. The highest BCUT2D eigenvalue weighted by Gasteiger charge is 2.57. The first-order valence-corrected chi connectivity index (χ1v) is 7.86. The van der Waals surface area contributed by atoms with Crippen LogP contribution >= 0.6 is 0 Å². The third-order valence-electron chi connectivity index (χ3n) is 5.31. The van der Waals surface area contributed by atoms with E-state index in [9.17, 15) is 0 Å². The summed E-state index contributed by atoms with van der Waals surface area (Å²) in [6.07, 6.45) is 2.93. The molecular formula is C17H27NO2. The van der Waals surface area contributed by atoms with Crippen LogP contribution in [0, 0.1) is 25.2 Å². The van der Waals surface area contributed by atoms with Crippen molar-refractivity contribution in [3.8, 4) is 0 Å². The topological polar surface area (TPSA) is 34.4 Å². The van der Waals surface area contributed by atoms with Gasteiger partial charge in [-0.25, -0.2) is 0 Å². The predicted molar refractivity (Wildman–Crippen MR) is 79.8 cm³/mol. The van der Waals surface area contributed by atoms with E-state index in [4.69, 9.17) is 9.15 Å². The second-order valence-electron chi connectivity index (χ2n) is 7.15. The molecule has 3 heteroatoms. The van der Waals surface area contributed by atoms with Crippen molar-refractivity contribution >= 4 is 0 Å². The lowest BCUT2D eigenvalue weighted by molar-refractivity contribution is -0.194. The van der Waals surface area contributed by atoms with Crippen molar-refractivity contribution in [1.29, 1.82) is 0 Å². The monoisotopic (exact) mass is 277 g/mol. The lowest BCUT2D eigenvalue weighted by atomic mass is 9.55. The predicted octanol–water partition coefficient (Wildman–Crippen LogP) is 3.75. The normalized spacial score (nSPS) is 33.4. The van der Waals surface area contributed by atoms with E-state index in [-0.39, 0.29) is 5.41 Å². The van der Waals surface area contributed by atoms with Gasteiger partial charge in [-0.2, -0.15) is 0 Å². The molecule has 0 amide bonds. The van der Waals surface area contributed by atoms with Gasteiger partial charge in [0.2, 0.25) is 0 Å². The maximum atomic E-state index is 5.98. The van der Waals surface area contributed by atoms with Crippen molar-refractivity contribution in [3.05, 3.63) is 23.2 Å². The number of aryl methyl sites for hydroxylation is 2. The average molecular weight is 277 g/mol. The minimum Gasteiger partial charge on any atom is -0.466 e. The molecule has 2 heterocycles. The molecule has 0 radical (unpaired) electrons. The first kappa shape index (κ1) is 14.2. The Hall–Kier alpha value is -0.800. The van der Waals surface area contributed by atoms with E-state index >= 15 is 0 Å². The zero-order chi connectivity index (χ0) is 14.5. The molecule has 1 aliphatic carbocycles. The first-order valence-electron chi connectivity index (χ1n) is 7.86. The van der Waals surface area contributed by atoms with Gasteiger partial charge in [0.15, 0.2) is 0 Å². The summed E-state index contributed by atoms with van der Waals surface area (Å²) in [6, 6.07) is 3.03. The summed E-state index contributed by atoms with van der Waals surface area (Å²) in [7, 11) is 0. The molecule has 2 aliphatic rings. The van der Waals surface area contributed by atoms with Crippen molar-refractivity contribution < 1.29 is 9.15 Å². The van der Waals surface area contributed by atoms with Crippen LogP contribution in [-0.4, -0.2) is 18.8 Å². The van der Waals surface area contributed by atoms with E-state index in [0.29, 0.717) is 24.1 Å². The molecule has 1 saturated heterocycles. The van der Waals surface area contributed by atoms with Crippen LogP contribution in [0.2, 0.25) is 0 Å². The molecule has 1 aromatic rings. The molecule has 0 aromatic carbocycles. The largest absolute Gasteiger partial charge is 0.466 e. The van der Waals surface area contributed by atoms with Gasteiger partial charge >= 0.3 is 0 Å². The molecule has 3 rings (SSSR count). The zero-order valence-electron chi connectivity index (χ0n) is 13.3. The van der Waals surface area contributed by atoms with Gasteiger partial charge in [0.05, 0.1) is 6.10 Å². The molecule has 1 saturated carbocycles. The lowest BCUT2D eigenvalue weighted by Crippen LogP contribution is -2.69. The smallest absolute Gasteiger partial charge is 0.105 e. The van der Waals surface area contributed by atoms with Crippen molar-refractivity contribution in [2.45, 2.75) is 65.6 Å². The Balaban J connectivity index is 1.72. The van der Waals surface area contributed by atoms with Gasteiger partial charge in [-0.3, -0.25) is 0 Å². The van der Waals surface area contributed by atoms with Gasteiger partial charge in [0.25, 0.3) is 0 Å². The van der Waals surface area contributed by atoms with E-state index in [1.54, 1.807) is 0 Å². The molecule has 20 heavy (non-hydrogen) atoms. The minimum atomic E-state index is 0.228. The number of furan rings is 1. The summed E-state index contributed by atoms with van der Waals surface area (Å²) < 4.78 is 11.6. The van der Waals surface area contributed by atoms with Crippen LogP contribution < -0.4 is 5.32 Å². The second-order valence-corrected chi connectivity index (χ2v) is 7.15. The van der Waals surface area contributed by atoms with Crippen LogP contribution in [-0.2, 0) is 4.74 Å². The number of hydrogen-bond acceptors (Lipinski definition) is 3. The summed E-state index contributed by atoms with van der Waals surface area (Å²) in [5.41, 5.74) is 1.52. The molecule has 2 fully saturated rings. The summed E-state index contributed by atoms with van der Waals surface area (Å²) in [5, 5.41) is 3.84. The fourth-order valence-electron chi connectivity index (χ4n) is 4.30. The Morgan fingerprint density at radius 3 is 2.75 bits per heavy atom. The van der Waals surface area contributed by atoms with Crippen LogP contribution in [0.3, 0.4) is 0 Å². The van der Waals surface area contributed by atoms with Crippen LogP contribution in [0.25, 0.3) is 0 Å². The van der Waals surface area contributed by atoms with Crippen molar-refractivity contribution in [3.63, 3.8) is 0 Å². The molecule has 4 unspecified atom stereocenters. The van der Waals surface area contributed by atoms with Crippen LogP contribution in [0.4, 0.5) is 0 Å². The van der Waals surface area contributed by atoms with Gasteiger partial charge in [-0.1, -0.05) is 13.8 Å². The number of hydrogen-bond donors (Lipinski definition) is 1. The van der Waals surface area contributed by atoms with E-state index in [1.807, 2.05) is 6.92 Å². The highest BCUT2D eigenvalue weighted by Crippen LogP contribution is 2.51. The van der Waals surface area contributed by atoms with Gasteiger partial charge in [-0.05, 0) is 39.7 Å². The number of nitrogens with one attached hydrogen (secondary N) is 1. The van der Waals surface area contributed by atoms with Gasteiger partial charge in [0.1, 0.15) is 11.5 Å². The molecule has 1 N–H and O–H groups in total. The van der Waals surface area contributed by atoms with Crippen LogP contribution in [0.1, 0.15) is 56.7 Å². The minimum absolute atomic E-state index is 0.228. The molecule has 0 bridgehead atoms. The van der Waals surface area contributed by atoms with E-state index in [2.05, 4.69) is 39.1 Å². The van der Waals surface area contributed by atoms with Crippen molar-refractivity contribution in [2.75, 3.05) is 6.61 Å². The Kier molecular flexibility index (Phi) is 3.46. The van der Waals surface area contributed by atoms with Gasteiger partial charge in [0, 0.05) is 35.6 Å².